The number of benzene rings is 1. The van der Waals surface area contributed by atoms with Crippen molar-refractivity contribution in [3.05, 3.63) is 33.9 Å². The lowest BCUT2D eigenvalue weighted by molar-refractivity contribution is -0.384. The van der Waals surface area contributed by atoms with E-state index in [4.69, 9.17) is 4.74 Å². The van der Waals surface area contributed by atoms with Gasteiger partial charge in [-0.2, -0.15) is 0 Å². The van der Waals surface area contributed by atoms with Gasteiger partial charge in [-0.05, 0) is 6.07 Å². The predicted octanol–water partition coefficient (Wildman–Crippen LogP) is 0.963. The van der Waals surface area contributed by atoms with Crippen molar-refractivity contribution in [1.29, 1.82) is 0 Å². The molecule has 1 N–H and O–H groups in total. The molecule has 0 spiro atoms. The van der Waals surface area contributed by atoms with Crippen molar-refractivity contribution in [1.82, 2.24) is 5.32 Å². The number of nitro groups is 1. The first kappa shape index (κ1) is 11.0. The van der Waals surface area contributed by atoms with Crippen LogP contribution in [0.3, 0.4) is 0 Å². The summed E-state index contributed by atoms with van der Waals surface area (Å²) in [7, 11) is 2.84. The van der Waals surface area contributed by atoms with Crippen molar-refractivity contribution in [3.63, 3.8) is 0 Å². The van der Waals surface area contributed by atoms with E-state index in [-0.39, 0.29) is 11.3 Å². The minimum Gasteiger partial charge on any atom is -0.496 e. The van der Waals surface area contributed by atoms with Gasteiger partial charge in [0, 0.05) is 19.2 Å². The number of nitrogens with zero attached hydrogens (tertiary/aromatic N) is 1. The number of rotatable bonds is 3. The molecule has 0 atom stereocenters. The first-order valence-corrected chi connectivity index (χ1v) is 4.14. The van der Waals surface area contributed by atoms with Crippen LogP contribution in [0, 0.1) is 10.1 Å². The second kappa shape index (κ2) is 4.41. The number of carbonyl (C=O) groups excluding carboxylic acids is 1. The summed E-state index contributed by atoms with van der Waals surface area (Å²) in [6.45, 7) is 0. The van der Waals surface area contributed by atoms with E-state index in [2.05, 4.69) is 5.32 Å². The highest BCUT2D eigenvalue weighted by Gasteiger charge is 2.15. The summed E-state index contributed by atoms with van der Waals surface area (Å²) < 4.78 is 4.92. The van der Waals surface area contributed by atoms with Crippen LogP contribution in [0.15, 0.2) is 18.2 Å². The standard InChI is InChI=1S/C9H10N2O4/c1-10-9(12)7-5-6(11(13)14)3-4-8(7)15-2/h3-5H,1-2H3,(H,10,12). The highest BCUT2D eigenvalue weighted by atomic mass is 16.6. The van der Waals surface area contributed by atoms with Crippen LogP contribution in [-0.4, -0.2) is 25.0 Å². The smallest absolute Gasteiger partial charge is 0.270 e. The monoisotopic (exact) mass is 210 g/mol. The van der Waals surface area contributed by atoms with Crippen LogP contribution in [0.2, 0.25) is 0 Å². The van der Waals surface area contributed by atoms with Crippen molar-refractivity contribution < 1.29 is 14.5 Å². The molecule has 0 aromatic heterocycles. The third-order valence-corrected chi connectivity index (χ3v) is 1.87. The van der Waals surface area contributed by atoms with Gasteiger partial charge in [0.25, 0.3) is 11.6 Å². The Kier molecular flexibility index (Phi) is 3.22. The van der Waals surface area contributed by atoms with E-state index in [1.807, 2.05) is 0 Å². The highest BCUT2D eigenvalue weighted by Crippen LogP contribution is 2.23. The Bertz CT molecular complexity index is 403. The molecule has 0 aliphatic carbocycles. The minimum atomic E-state index is -0.564. The third kappa shape index (κ3) is 2.22. The number of carbonyl (C=O) groups is 1. The van der Waals surface area contributed by atoms with E-state index in [1.54, 1.807) is 0 Å². The summed E-state index contributed by atoms with van der Waals surface area (Å²) in [5.74, 6) is -0.115. The Morgan fingerprint density at radius 1 is 1.53 bits per heavy atom. The van der Waals surface area contributed by atoms with Crippen molar-refractivity contribution in [2.75, 3.05) is 14.2 Å². The number of amides is 1. The zero-order valence-corrected chi connectivity index (χ0v) is 8.31. The zero-order valence-electron chi connectivity index (χ0n) is 8.31. The summed E-state index contributed by atoms with van der Waals surface area (Å²) in [6, 6.07) is 3.85. The summed E-state index contributed by atoms with van der Waals surface area (Å²) in [5.41, 5.74) is 0.00333. The average molecular weight is 210 g/mol. The average Bonchev–Trinajstić information content (AvgIpc) is 2.27. The molecule has 1 aromatic rings. The lowest BCUT2D eigenvalue weighted by Gasteiger charge is -2.06. The van der Waals surface area contributed by atoms with E-state index >= 15 is 0 Å². The fraction of sp³-hybridized carbons (Fsp3) is 0.222. The fourth-order valence-corrected chi connectivity index (χ4v) is 1.12. The number of hydrogen-bond acceptors (Lipinski definition) is 4. The van der Waals surface area contributed by atoms with Crippen molar-refractivity contribution in [3.8, 4) is 5.75 Å². The Morgan fingerprint density at radius 3 is 2.67 bits per heavy atom. The quantitative estimate of drug-likeness (QED) is 0.595. The highest BCUT2D eigenvalue weighted by molar-refractivity contribution is 5.97. The topological polar surface area (TPSA) is 81.5 Å². The fourth-order valence-electron chi connectivity index (χ4n) is 1.12. The van der Waals surface area contributed by atoms with Crippen LogP contribution in [0.1, 0.15) is 10.4 Å². The number of nitrogens with one attached hydrogen (secondary N) is 1. The van der Waals surface area contributed by atoms with Gasteiger partial charge >= 0.3 is 0 Å². The first-order valence-electron chi connectivity index (χ1n) is 4.14. The van der Waals surface area contributed by atoms with Crippen LogP contribution >= 0.6 is 0 Å². The van der Waals surface area contributed by atoms with Crippen LogP contribution < -0.4 is 10.1 Å². The predicted molar refractivity (Wildman–Crippen MR) is 53.0 cm³/mol. The molecule has 0 saturated carbocycles. The molecule has 0 aliphatic heterocycles. The molecule has 15 heavy (non-hydrogen) atoms. The molecule has 6 nitrogen and oxygen atoms in total. The van der Waals surface area contributed by atoms with Crippen LogP contribution in [-0.2, 0) is 0 Å². The third-order valence-electron chi connectivity index (χ3n) is 1.87. The molecule has 0 saturated heterocycles. The Balaban J connectivity index is 3.25. The first-order chi connectivity index (χ1) is 7.10. The van der Waals surface area contributed by atoms with Gasteiger partial charge in [0.05, 0.1) is 17.6 Å². The zero-order chi connectivity index (χ0) is 11.4. The second-order valence-electron chi connectivity index (χ2n) is 2.72. The van der Waals surface area contributed by atoms with Gasteiger partial charge in [-0.1, -0.05) is 0 Å². The van der Waals surface area contributed by atoms with Gasteiger partial charge in [-0.15, -0.1) is 0 Å². The largest absolute Gasteiger partial charge is 0.496 e. The van der Waals surface area contributed by atoms with Gasteiger partial charge in [0.15, 0.2) is 0 Å². The summed E-state index contributed by atoms with van der Waals surface area (Å²) in [6.07, 6.45) is 0. The molecule has 0 aliphatic rings. The molecule has 0 fully saturated rings. The summed E-state index contributed by atoms with van der Waals surface area (Å²) in [5, 5.41) is 12.9. The van der Waals surface area contributed by atoms with Gasteiger partial charge < -0.3 is 10.1 Å². The minimum absolute atomic E-state index is 0.144. The van der Waals surface area contributed by atoms with Gasteiger partial charge in [-0.25, -0.2) is 0 Å². The molecule has 6 heteroatoms. The van der Waals surface area contributed by atoms with Gasteiger partial charge in [0.1, 0.15) is 5.75 Å². The molecule has 0 unspecified atom stereocenters. The number of nitro benzene ring substituents is 1. The number of methoxy groups -OCH3 is 1. The molecule has 1 rings (SSSR count). The lowest BCUT2D eigenvalue weighted by atomic mass is 10.1. The number of hydrogen-bond donors (Lipinski definition) is 1. The lowest BCUT2D eigenvalue weighted by Crippen LogP contribution is -2.18. The SMILES string of the molecule is CNC(=O)c1cc([N+](=O)[O-])ccc1OC. The molecular weight excluding hydrogens is 200 g/mol. The maximum atomic E-state index is 11.4. The van der Waals surface area contributed by atoms with E-state index in [0.717, 1.165) is 0 Å². The summed E-state index contributed by atoms with van der Waals surface area (Å²) >= 11 is 0. The van der Waals surface area contributed by atoms with E-state index < -0.39 is 10.8 Å². The molecular formula is C9H10N2O4. The molecule has 1 aromatic carbocycles. The maximum Gasteiger partial charge on any atom is 0.270 e. The Hall–Kier alpha value is -2.11. The van der Waals surface area contributed by atoms with E-state index in [9.17, 15) is 14.9 Å². The van der Waals surface area contributed by atoms with Gasteiger partial charge in [0.2, 0.25) is 0 Å². The van der Waals surface area contributed by atoms with Crippen LogP contribution in [0.4, 0.5) is 5.69 Å². The molecule has 0 heterocycles. The number of ether oxygens (including phenoxy) is 1. The van der Waals surface area contributed by atoms with Gasteiger partial charge in [-0.3, -0.25) is 14.9 Å². The maximum absolute atomic E-state index is 11.4. The van der Waals surface area contributed by atoms with Crippen molar-refractivity contribution in [2.24, 2.45) is 0 Å². The molecule has 0 radical (unpaired) electrons. The number of non-ortho nitro benzene ring substituents is 1. The molecule has 0 bridgehead atoms. The Labute approximate surface area is 86.0 Å². The van der Waals surface area contributed by atoms with E-state index in [1.165, 1.54) is 32.4 Å². The summed E-state index contributed by atoms with van der Waals surface area (Å²) in [4.78, 5) is 21.3. The van der Waals surface area contributed by atoms with Crippen molar-refractivity contribution >= 4 is 11.6 Å². The van der Waals surface area contributed by atoms with Crippen molar-refractivity contribution in [2.45, 2.75) is 0 Å². The van der Waals surface area contributed by atoms with E-state index in [0.29, 0.717) is 5.75 Å². The molecule has 1 amide bonds. The Morgan fingerprint density at radius 2 is 2.20 bits per heavy atom. The normalized spacial score (nSPS) is 9.47. The molecule has 80 valence electrons. The second-order valence-corrected chi connectivity index (χ2v) is 2.72. The van der Waals surface area contributed by atoms with Crippen LogP contribution in [0.25, 0.3) is 0 Å². The van der Waals surface area contributed by atoms with Crippen LogP contribution in [0.5, 0.6) is 5.75 Å².